The minimum absolute atomic E-state index is 0.160. The van der Waals surface area contributed by atoms with Gasteiger partial charge in [-0.05, 0) is 25.8 Å². The van der Waals surface area contributed by atoms with E-state index in [2.05, 4.69) is 17.2 Å². The highest BCUT2D eigenvalue weighted by Gasteiger charge is 2.28. The third-order valence-electron chi connectivity index (χ3n) is 4.67. The second kappa shape index (κ2) is 7.37. The highest BCUT2D eigenvalue weighted by atomic mass is 16.5. The fourth-order valence-electron chi connectivity index (χ4n) is 3.14. The summed E-state index contributed by atoms with van der Waals surface area (Å²) < 4.78 is 11.3. The van der Waals surface area contributed by atoms with Crippen molar-refractivity contribution in [3.8, 4) is 0 Å². The molecular formula is C19H24N2O4. The van der Waals surface area contributed by atoms with E-state index in [1.165, 1.54) is 6.92 Å². The van der Waals surface area contributed by atoms with Crippen LogP contribution < -0.4 is 5.32 Å². The van der Waals surface area contributed by atoms with Gasteiger partial charge < -0.3 is 19.8 Å². The summed E-state index contributed by atoms with van der Waals surface area (Å²) >= 11 is 0. The maximum atomic E-state index is 12.6. The highest BCUT2D eigenvalue weighted by molar-refractivity contribution is 6.15. The van der Waals surface area contributed by atoms with Crippen molar-refractivity contribution in [2.45, 2.75) is 32.3 Å². The molecule has 0 unspecified atom stereocenters. The first-order valence-electron chi connectivity index (χ1n) is 8.62. The number of hydrogen-bond donors (Lipinski definition) is 2. The zero-order chi connectivity index (χ0) is 17.9. The van der Waals surface area contributed by atoms with Crippen molar-refractivity contribution < 1.29 is 19.1 Å². The Bertz CT molecular complexity index is 775. The summed E-state index contributed by atoms with van der Waals surface area (Å²) in [5, 5.41) is 3.61. The van der Waals surface area contributed by atoms with Gasteiger partial charge in [0.05, 0.1) is 23.5 Å². The molecule has 2 aromatic rings. The molecule has 2 N–H and O–H groups in total. The Morgan fingerprint density at radius 1 is 1.28 bits per heavy atom. The summed E-state index contributed by atoms with van der Waals surface area (Å²) in [5.74, 6) is -0.421. The van der Waals surface area contributed by atoms with Crippen molar-refractivity contribution in [3.63, 3.8) is 0 Å². The number of Topliss-reactive ketones (excluding diaryl/α,β-unsaturated/α-hetero) is 1. The van der Waals surface area contributed by atoms with Gasteiger partial charge in [-0.25, -0.2) is 0 Å². The van der Waals surface area contributed by atoms with Crippen LogP contribution in [0.5, 0.6) is 0 Å². The van der Waals surface area contributed by atoms with Crippen LogP contribution in [0.3, 0.4) is 0 Å². The van der Waals surface area contributed by atoms with E-state index >= 15 is 0 Å². The smallest absolute Gasteiger partial charge is 0.254 e. The Kier molecular flexibility index (Phi) is 5.20. The molecule has 0 saturated carbocycles. The van der Waals surface area contributed by atoms with Crippen LogP contribution in [0.15, 0.2) is 24.3 Å². The molecule has 0 radical (unpaired) electrons. The number of aromatic amines is 1. The summed E-state index contributed by atoms with van der Waals surface area (Å²) in [6.07, 6.45) is 1.72. The van der Waals surface area contributed by atoms with Crippen LogP contribution in [-0.4, -0.2) is 48.6 Å². The first kappa shape index (κ1) is 17.6. The molecule has 6 heteroatoms. The van der Waals surface area contributed by atoms with E-state index in [0.29, 0.717) is 37.6 Å². The summed E-state index contributed by atoms with van der Waals surface area (Å²) in [7, 11) is 0. The minimum Gasteiger partial charge on any atom is -0.381 e. The van der Waals surface area contributed by atoms with Crippen LogP contribution in [0.4, 0.5) is 0 Å². The number of rotatable bonds is 6. The third kappa shape index (κ3) is 3.91. The second-order valence-electron chi connectivity index (χ2n) is 6.64. The van der Waals surface area contributed by atoms with Gasteiger partial charge in [-0.1, -0.05) is 18.2 Å². The van der Waals surface area contributed by atoms with Gasteiger partial charge in [-0.3, -0.25) is 9.59 Å². The number of H-pyrrole nitrogens is 1. The molecule has 0 aliphatic carbocycles. The first-order valence-corrected chi connectivity index (χ1v) is 8.62. The van der Waals surface area contributed by atoms with E-state index in [4.69, 9.17) is 9.47 Å². The lowest BCUT2D eigenvalue weighted by Gasteiger charge is -2.33. The molecule has 2 heterocycles. The Labute approximate surface area is 146 Å². The Hall–Kier alpha value is -2.18. The number of fused-ring (bicyclic) bond motifs is 1. The average Bonchev–Trinajstić information content (AvgIpc) is 2.99. The summed E-state index contributed by atoms with van der Waals surface area (Å²) in [4.78, 5) is 27.5. The number of ether oxygens (including phenoxy) is 2. The van der Waals surface area contributed by atoms with Crippen LogP contribution in [-0.2, 0) is 9.47 Å². The van der Waals surface area contributed by atoms with E-state index in [-0.39, 0.29) is 17.3 Å². The number of carbonyl (C=O) groups excluding carboxylic acids is 2. The molecular weight excluding hydrogens is 320 g/mol. The number of hydrogen-bond acceptors (Lipinski definition) is 4. The van der Waals surface area contributed by atoms with Crippen molar-refractivity contribution in [1.29, 1.82) is 0 Å². The molecule has 1 aliphatic rings. The van der Waals surface area contributed by atoms with E-state index in [0.717, 1.165) is 23.7 Å². The van der Waals surface area contributed by atoms with Gasteiger partial charge in [0.2, 0.25) is 0 Å². The minimum atomic E-state index is -0.261. The van der Waals surface area contributed by atoms with E-state index < -0.39 is 0 Å². The Morgan fingerprint density at radius 3 is 2.72 bits per heavy atom. The first-order chi connectivity index (χ1) is 12.0. The Morgan fingerprint density at radius 2 is 2.00 bits per heavy atom. The van der Waals surface area contributed by atoms with Gasteiger partial charge in [-0.2, -0.15) is 0 Å². The molecule has 6 nitrogen and oxygen atoms in total. The van der Waals surface area contributed by atoms with E-state index in [1.54, 1.807) is 0 Å². The number of benzene rings is 1. The van der Waals surface area contributed by atoms with Gasteiger partial charge in [0.25, 0.3) is 5.91 Å². The van der Waals surface area contributed by atoms with Gasteiger partial charge >= 0.3 is 0 Å². The monoisotopic (exact) mass is 344 g/mol. The van der Waals surface area contributed by atoms with Crippen molar-refractivity contribution >= 4 is 22.6 Å². The van der Waals surface area contributed by atoms with Crippen LogP contribution in [0, 0.1) is 0 Å². The fourth-order valence-corrected chi connectivity index (χ4v) is 3.14. The molecule has 0 atom stereocenters. The third-order valence-corrected chi connectivity index (χ3v) is 4.67. The quantitative estimate of drug-likeness (QED) is 0.624. The predicted octanol–water partition coefficient (Wildman–Crippen LogP) is 2.69. The molecule has 1 saturated heterocycles. The molecule has 0 spiro atoms. The number of carbonyl (C=O) groups is 2. The number of nitrogens with one attached hydrogen (secondary N) is 2. The zero-order valence-electron chi connectivity index (χ0n) is 14.7. The van der Waals surface area contributed by atoms with Crippen molar-refractivity contribution in [1.82, 2.24) is 10.3 Å². The normalized spacial score (nSPS) is 16.7. The number of aromatic nitrogens is 1. The molecule has 1 amide bonds. The largest absolute Gasteiger partial charge is 0.381 e. The molecule has 25 heavy (non-hydrogen) atoms. The molecule has 1 aromatic heterocycles. The van der Waals surface area contributed by atoms with Crippen molar-refractivity contribution in [3.05, 3.63) is 35.5 Å². The lowest BCUT2D eigenvalue weighted by atomic mass is 9.97. The van der Waals surface area contributed by atoms with Crippen LogP contribution >= 0.6 is 0 Å². The molecule has 0 bridgehead atoms. The van der Waals surface area contributed by atoms with Gasteiger partial charge in [0.1, 0.15) is 0 Å². The predicted molar refractivity (Wildman–Crippen MR) is 95.0 cm³/mol. The van der Waals surface area contributed by atoms with Gasteiger partial charge in [-0.15, -0.1) is 0 Å². The summed E-state index contributed by atoms with van der Waals surface area (Å²) in [5.41, 5.74) is 1.34. The number of amides is 1. The second-order valence-corrected chi connectivity index (χ2v) is 6.64. The van der Waals surface area contributed by atoms with E-state index in [1.807, 2.05) is 24.3 Å². The molecule has 1 aromatic carbocycles. The van der Waals surface area contributed by atoms with Gasteiger partial charge in [0, 0.05) is 37.6 Å². The number of para-hydroxylation sites is 1. The average molecular weight is 344 g/mol. The lowest BCUT2D eigenvalue weighted by Crippen LogP contribution is -2.38. The highest BCUT2D eigenvalue weighted by Crippen LogP contribution is 2.24. The van der Waals surface area contributed by atoms with Crippen LogP contribution in [0.1, 0.15) is 47.5 Å². The Balaban J connectivity index is 1.64. The fraction of sp³-hybridized carbons (Fsp3) is 0.474. The lowest BCUT2D eigenvalue weighted by molar-refractivity contribution is -0.0974. The SMILES string of the molecule is CC(=O)c1[nH]c2ccccc2c1C(=O)NCCOC1(C)CCOCC1. The summed E-state index contributed by atoms with van der Waals surface area (Å²) in [6, 6.07) is 7.42. The van der Waals surface area contributed by atoms with E-state index in [9.17, 15) is 9.59 Å². The molecule has 1 aliphatic heterocycles. The van der Waals surface area contributed by atoms with Crippen molar-refractivity contribution in [2.75, 3.05) is 26.4 Å². The zero-order valence-corrected chi connectivity index (χ0v) is 14.7. The standard InChI is InChI=1S/C19H24N2O4/c1-13(22)17-16(14-5-3-4-6-15(14)21-17)18(23)20-9-12-25-19(2)7-10-24-11-8-19/h3-6,21H,7-12H2,1-2H3,(H,20,23). The molecule has 1 fully saturated rings. The summed E-state index contributed by atoms with van der Waals surface area (Å²) in [6.45, 7) is 5.77. The maximum Gasteiger partial charge on any atom is 0.254 e. The maximum absolute atomic E-state index is 12.6. The molecule has 3 rings (SSSR count). The van der Waals surface area contributed by atoms with Crippen LogP contribution in [0.25, 0.3) is 10.9 Å². The molecule has 134 valence electrons. The van der Waals surface area contributed by atoms with Gasteiger partial charge in [0.15, 0.2) is 5.78 Å². The van der Waals surface area contributed by atoms with Crippen LogP contribution in [0.2, 0.25) is 0 Å². The number of ketones is 1. The van der Waals surface area contributed by atoms with Crippen molar-refractivity contribution in [2.24, 2.45) is 0 Å². The topological polar surface area (TPSA) is 80.4 Å².